The Balaban J connectivity index is 1.60. The molecule has 19 heavy (non-hydrogen) atoms. The topological polar surface area (TPSA) is 57.8 Å². The minimum absolute atomic E-state index is 0.0483. The number of aromatic nitrogens is 2. The average molecular weight is 271 g/mol. The van der Waals surface area contributed by atoms with Crippen molar-refractivity contribution in [1.29, 1.82) is 0 Å². The van der Waals surface area contributed by atoms with Gasteiger partial charge in [0, 0.05) is 16.8 Å². The summed E-state index contributed by atoms with van der Waals surface area (Å²) in [6, 6.07) is 9.94. The smallest absolute Gasteiger partial charge is 0.225 e. The molecular weight excluding hydrogens is 258 g/mol. The number of thiophene rings is 1. The summed E-state index contributed by atoms with van der Waals surface area (Å²) in [5.41, 5.74) is 2.06. The zero-order chi connectivity index (χ0) is 13.1. The van der Waals surface area contributed by atoms with Crippen molar-refractivity contribution in [2.45, 2.75) is 13.0 Å². The van der Waals surface area contributed by atoms with Crippen LogP contribution in [0.4, 0.5) is 0 Å². The summed E-state index contributed by atoms with van der Waals surface area (Å²) in [6.07, 6.45) is 2.23. The number of aromatic amines is 1. The Hall–Kier alpha value is -2.14. The number of hydrogen-bond donors (Lipinski definition) is 2. The van der Waals surface area contributed by atoms with Crippen LogP contribution in [0.2, 0.25) is 0 Å². The van der Waals surface area contributed by atoms with Gasteiger partial charge in [-0.3, -0.25) is 9.89 Å². The van der Waals surface area contributed by atoms with Crippen LogP contribution in [-0.2, 0) is 17.8 Å². The first-order valence-corrected chi connectivity index (χ1v) is 6.90. The summed E-state index contributed by atoms with van der Waals surface area (Å²) in [6.45, 7) is 0.541. The fraction of sp³-hybridized carbons (Fsp3) is 0.143. The summed E-state index contributed by atoms with van der Waals surface area (Å²) in [4.78, 5) is 12.9. The molecule has 0 unspecified atom stereocenters. The molecule has 0 saturated carbocycles. The van der Waals surface area contributed by atoms with E-state index in [-0.39, 0.29) is 5.91 Å². The molecule has 2 aromatic heterocycles. The average Bonchev–Trinajstić information content (AvgIpc) is 3.06. The van der Waals surface area contributed by atoms with Crippen LogP contribution in [0.3, 0.4) is 0 Å². The quantitative estimate of drug-likeness (QED) is 0.766. The molecule has 0 aliphatic rings. The fourth-order valence-electron chi connectivity index (χ4n) is 1.93. The lowest BCUT2D eigenvalue weighted by atomic mass is 10.1. The van der Waals surface area contributed by atoms with Gasteiger partial charge in [0.15, 0.2) is 0 Å². The molecule has 3 rings (SSSR count). The van der Waals surface area contributed by atoms with E-state index in [9.17, 15) is 4.79 Å². The van der Waals surface area contributed by atoms with Gasteiger partial charge in [0.2, 0.25) is 5.91 Å². The molecule has 0 saturated heterocycles. The normalized spacial score (nSPS) is 10.7. The molecule has 0 fully saturated rings. The van der Waals surface area contributed by atoms with E-state index in [0.29, 0.717) is 13.0 Å². The van der Waals surface area contributed by atoms with Crippen LogP contribution in [-0.4, -0.2) is 16.1 Å². The first kappa shape index (κ1) is 11.9. The zero-order valence-corrected chi connectivity index (χ0v) is 11.0. The number of fused-ring (bicyclic) bond motifs is 1. The molecular formula is C14H13N3OS. The molecule has 2 N–H and O–H groups in total. The number of carbonyl (C=O) groups excluding carboxylic acids is 1. The summed E-state index contributed by atoms with van der Waals surface area (Å²) in [5.74, 6) is 0.0483. The third kappa shape index (κ3) is 2.82. The third-order valence-corrected chi connectivity index (χ3v) is 3.79. The van der Waals surface area contributed by atoms with Gasteiger partial charge in [-0.2, -0.15) is 5.10 Å². The standard InChI is InChI=1S/C14H13N3OS/c18-14(7-12-2-1-5-19-12)15-8-10-3-4-11-9-16-17-13(11)6-10/h1-6,9H,7-8H2,(H,15,18)(H,16,17). The second-order valence-corrected chi connectivity index (χ2v) is 5.36. The van der Waals surface area contributed by atoms with Crippen molar-refractivity contribution in [3.8, 4) is 0 Å². The number of rotatable bonds is 4. The van der Waals surface area contributed by atoms with Crippen LogP contribution >= 0.6 is 11.3 Å². The molecule has 96 valence electrons. The van der Waals surface area contributed by atoms with Gasteiger partial charge in [0.1, 0.15) is 0 Å². The maximum Gasteiger partial charge on any atom is 0.225 e. The summed E-state index contributed by atoms with van der Waals surface area (Å²) < 4.78 is 0. The minimum Gasteiger partial charge on any atom is -0.352 e. The lowest BCUT2D eigenvalue weighted by Gasteiger charge is -2.04. The maximum atomic E-state index is 11.8. The first-order chi connectivity index (χ1) is 9.31. The summed E-state index contributed by atoms with van der Waals surface area (Å²) >= 11 is 1.60. The predicted molar refractivity (Wildman–Crippen MR) is 76.0 cm³/mol. The van der Waals surface area contributed by atoms with Crippen molar-refractivity contribution in [1.82, 2.24) is 15.5 Å². The molecule has 1 aromatic carbocycles. The van der Waals surface area contributed by atoms with Crippen LogP contribution in [0.1, 0.15) is 10.4 Å². The van der Waals surface area contributed by atoms with E-state index in [0.717, 1.165) is 21.3 Å². The second-order valence-electron chi connectivity index (χ2n) is 4.32. The highest BCUT2D eigenvalue weighted by molar-refractivity contribution is 7.10. The Labute approximate surface area is 114 Å². The molecule has 5 heteroatoms. The fourth-order valence-corrected chi connectivity index (χ4v) is 2.63. The highest BCUT2D eigenvalue weighted by Crippen LogP contribution is 2.13. The van der Waals surface area contributed by atoms with Crippen LogP contribution in [0, 0.1) is 0 Å². The van der Waals surface area contributed by atoms with Crippen molar-refractivity contribution >= 4 is 28.1 Å². The van der Waals surface area contributed by atoms with Gasteiger partial charge in [-0.1, -0.05) is 18.2 Å². The molecule has 0 atom stereocenters. The van der Waals surface area contributed by atoms with Crippen molar-refractivity contribution in [2.24, 2.45) is 0 Å². The Morgan fingerprint density at radius 1 is 1.37 bits per heavy atom. The number of amides is 1. The summed E-state index contributed by atoms with van der Waals surface area (Å²) in [7, 11) is 0. The molecule has 0 aliphatic carbocycles. The molecule has 2 heterocycles. The van der Waals surface area contributed by atoms with E-state index >= 15 is 0 Å². The van der Waals surface area contributed by atoms with Crippen LogP contribution in [0.15, 0.2) is 41.9 Å². The molecule has 1 amide bonds. The minimum atomic E-state index is 0.0483. The highest BCUT2D eigenvalue weighted by Gasteiger charge is 2.04. The second kappa shape index (κ2) is 5.24. The van der Waals surface area contributed by atoms with Crippen molar-refractivity contribution in [3.05, 3.63) is 52.3 Å². The van der Waals surface area contributed by atoms with E-state index < -0.39 is 0 Å². The molecule has 0 bridgehead atoms. The van der Waals surface area contributed by atoms with Crippen molar-refractivity contribution in [3.63, 3.8) is 0 Å². The van der Waals surface area contributed by atoms with E-state index in [1.54, 1.807) is 17.5 Å². The summed E-state index contributed by atoms with van der Waals surface area (Å²) in [5, 5.41) is 12.9. The molecule has 4 nitrogen and oxygen atoms in total. The van der Waals surface area contributed by atoms with Gasteiger partial charge in [-0.25, -0.2) is 0 Å². The Morgan fingerprint density at radius 2 is 2.32 bits per heavy atom. The lowest BCUT2D eigenvalue weighted by Crippen LogP contribution is -2.24. The number of hydrogen-bond acceptors (Lipinski definition) is 3. The maximum absolute atomic E-state index is 11.8. The molecule has 3 aromatic rings. The largest absolute Gasteiger partial charge is 0.352 e. The highest BCUT2D eigenvalue weighted by atomic mass is 32.1. The zero-order valence-electron chi connectivity index (χ0n) is 10.2. The van der Waals surface area contributed by atoms with Gasteiger partial charge in [-0.05, 0) is 23.1 Å². The Morgan fingerprint density at radius 3 is 3.16 bits per heavy atom. The monoisotopic (exact) mass is 271 g/mol. The van der Waals surface area contributed by atoms with Gasteiger partial charge < -0.3 is 5.32 Å². The number of carbonyl (C=O) groups is 1. The lowest BCUT2D eigenvalue weighted by molar-refractivity contribution is -0.120. The van der Waals surface area contributed by atoms with Crippen molar-refractivity contribution in [2.75, 3.05) is 0 Å². The van der Waals surface area contributed by atoms with Crippen molar-refractivity contribution < 1.29 is 4.79 Å². The van der Waals surface area contributed by atoms with Crippen LogP contribution < -0.4 is 5.32 Å². The Bertz CT molecular complexity index is 688. The van der Waals surface area contributed by atoms with E-state index in [1.165, 1.54) is 0 Å². The molecule has 0 radical (unpaired) electrons. The third-order valence-electron chi connectivity index (χ3n) is 2.91. The van der Waals surface area contributed by atoms with Gasteiger partial charge in [0.25, 0.3) is 0 Å². The van der Waals surface area contributed by atoms with E-state index in [4.69, 9.17) is 0 Å². The predicted octanol–water partition coefficient (Wildman–Crippen LogP) is 2.48. The first-order valence-electron chi connectivity index (χ1n) is 6.02. The Kier molecular flexibility index (Phi) is 3.29. The number of nitrogens with one attached hydrogen (secondary N) is 2. The number of nitrogens with zero attached hydrogens (tertiary/aromatic N) is 1. The number of benzene rings is 1. The number of H-pyrrole nitrogens is 1. The molecule has 0 aliphatic heterocycles. The van der Waals surface area contributed by atoms with E-state index in [1.807, 2.05) is 35.7 Å². The van der Waals surface area contributed by atoms with E-state index in [2.05, 4.69) is 15.5 Å². The van der Waals surface area contributed by atoms with Crippen LogP contribution in [0.25, 0.3) is 10.9 Å². The van der Waals surface area contributed by atoms with Gasteiger partial charge in [0.05, 0.1) is 18.1 Å². The van der Waals surface area contributed by atoms with Gasteiger partial charge >= 0.3 is 0 Å². The van der Waals surface area contributed by atoms with Gasteiger partial charge in [-0.15, -0.1) is 11.3 Å². The SMILES string of the molecule is O=C(Cc1cccs1)NCc1ccc2cn[nH]c2c1. The molecule has 0 spiro atoms. The van der Waals surface area contributed by atoms with Crippen LogP contribution in [0.5, 0.6) is 0 Å².